The monoisotopic (exact) mass is 291 g/mol. The first-order valence-electron chi connectivity index (χ1n) is 7.29. The molecule has 4 nitrogen and oxygen atoms in total. The van der Waals surface area contributed by atoms with Gasteiger partial charge in [-0.25, -0.2) is 4.39 Å². The summed E-state index contributed by atoms with van der Waals surface area (Å²) in [5.41, 5.74) is 1.46. The second-order valence-electron chi connectivity index (χ2n) is 4.88. The standard InChI is InChI=1S/C16H22FN3O/c1-4-9-20-11-12(10-19-20)16(18-5-2)15-13(17)7-6-8-14(15)21-3/h6-8,10-11,16,18H,4-5,9H2,1-3H3. The Morgan fingerprint density at radius 3 is 2.86 bits per heavy atom. The number of aromatic nitrogens is 2. The fourth-order valence-electron chi connectivity index (χ4n) is 2.45. The zero-order chi connectivity index (χ0) is 15.2. The van der Waals surface area contributed by atoms with Crippen LogP contribution in [0.4, 0.5) is 4.39 Å². The van der Waals surface area contributed by atoms with E-state index in [1.807, 2.05) is 17.8 Å². The number of ether oxygens (including phenoxy) is 1. The van der Waals surface area contributed by atoms with Gasteiger partial charge < -0.3 is 10.1 Å². The first-order valence-corrected chi connectivity index (χ1v) is 7.29. The summed E-state index contributed by atoms with van der Waals surface area (Å²) in [7, 11) is 1.56. The highest BCUT2D eigenvalue weighted by Crippen LogP contribution is 2.32. The van der Waals surface area contributed by atoms with E-state index >= 15 is 0 Å². The molecule has 5 heteroatoms. The fraction of sp³-hybridized carbons (Fsp3) is 0.438. The fourth-order valence-corrected chi connectivity index (χ4v) is 2.45. The molecule has 0 radical (unpaired) electrons. The molecule has 0 aliphatic heterocycles. The van der Waals surface area contributed by atoms with Crippen molar-refractivity contribution in [2.45, 2.75) is 32.9 Å². The molecule has 114 valence electrons. The highest BCUT2D eigenvalue weighted by atomic mass is 19.1. The van der Waals surface area contributed by atoms with E-state index in [1.165, 1.54) is 6.07 Å². The Balaban J connectivity index is 2.42. The molecule has 21 heavy (non-hydrogen) atoms. The highest BCUT2D eigenvalue weighted by Gasteiger charge is 2.22. The Labute approximate surface area is 124 Å². The molecule has 0 aliphatic rings. The van der Waals surface area contributed by atoms with Crippen LogP contribution in [0.2, 0.25) is 0 Å². The second-order valence-corrected chi connectivity index (χ2v) is 4.88. The molecule has 0 spiro atoms. The topological polar surface area (TPSA) is 39.1 Å². The van der Waals surface area contributed by atoms with Crippen molar-refractivity contribution in [3.8, 4) is 5.75 Å². The minimum absolute atomic E-state index is 0.267. The maximum absolute atomic E-state index is 14.3. The van der Waals surface area contributed by atoms with E-state index in [-0.39, 0.29) is 11.9 Å². The molecular weight excluding hydrogens is 269 g/mol. The zero-order valence-corrected chi connectivity index (χ0v) is 12.8. The van der Waals surface area contributed by atoms with Gasteiger partial charge in [-0.3, -0.25) is 4.68 Å². The number of methoxy groups -OCH3 is 1. The molecule has 2 aromatic rings. The predicted molar refractivity (Wildman–Crippen MR) is 81.0 cm³/mol. The summed E-state index contributed by atoms with van der Waals surface area (Å²) in [5.74, 6) is 0.271. The van der Waals surface area contributed by atoms with Gasteiger partial charge in [0.2, 0.25) is 0 Å². The Morgan fingerprint density at radius 2 is 2.19 bits per heavy atom. The Morgan fingerprint density at radius 1 is 1.38 bits per heavy atom. The third-order valence-corrected chi connectivity index (χ3v) is 3.37. The van der Waals surface area contributed by atoms with Crippen LogP contribution in [-0.4, -0.2) is 23.4 Å². The van der Waals surface area contributed by atoms with Gasteiger partial charge in [0.15, 0.2) is 0 Å². The molecule has 1 heterocycles. The maximum atomic E-state index is 14.3. The van der Waals surface area contributed by atoms with Crippen molar-refractivity contribution >= 4 is 0 Å². The number of hydrogen-bond acceptors (Lipinski definition) is 3. The summed E-state index contributed by atoms with van der Waals surface area (Å²) < 4.78 is 21.5. The van der Waals surface area contributed by atoms with E-state index in [9.17, 15) is 4.39 Å². The van der Waals surface area contributed by atoms with Crippen LogP contribution in [-0.2, 0) is 6.54 Å². The summed E-state index contributed by atoms with van der Waals surface area (Å²) in [5, 5.41) is 7.65. The molecule has 1 N–H and O–H groups in total. The van der Waals surface area contributed by atoms with E-state index in [0.29, 0.717) is 11.3 Å². The van der Waals surface area contributed by atoms with E-state index in [1.54, 1.807) is 25.4 Å². The van der Waals surface area contributed by atoms with E-state index in [2.05, 4.69) is 17.3 Å². The minimum atomic E-state index is -0.274. The average molecular weight is 291 g/mol. The molecule has 0 saturated heterocycles. The van der Waals surface area contributed by atoms with Gasteiger partial charge in [-0.15, -0.1) is 0 Å². The number of hydrogen-bond donors (Lipinski definition) is 1. The lowest BCUT2D eigenvalue weighted by atomic mass is 9.99. The van der Waals surface area contributed by atoms with Crippen molar-refractivity contribution in [3.63, 3.8) is 0 Å². The Bertz CT molecular complexity index is 583. The molecule has 1 atom stereocenters. The van der Waals surface area contributed by atoms with Crippen LogP contribution < -0.4 is 10.1 Å². The lowest BCUT2D eigenvalue weighted by Crippen LogP contribution is -2.23. The van der Waals surface area contributed by atoms with Crippen molar-refractivity contribution in [3.05, 3.63) is 47.5 Å². The average Bonchev–Trinajstić information content (AvgIpc) is 2.94. The third-order valence-electron chi connectivity index (χ3n) is 3.37. The van der Waals surface area contributed by atoms with Crippen LogP contribution in [0.5, 0.6) is 5.75 Å². The summed E-state index contributed by atoms with van der Waals surface area (Å²) in [6.07, 6.45) is 4.76. The number of rotatable bonds is 7. The maximum Gasteiger partial charge on any atom is 0.132 e. The molecular formula is C16H22FN3O. The number of nitrogens with zero attached hydrogens (tertiary/aromatic N) is 2. The van der Waals surface area contributed by atoms with Gasteiger partial charge in [0.05, 0.1) is 24.9 Å². The quantitative estimate of drug-likeness (QED) is 0.852. The zero-order valence-electron chi connectivity index (χ0n) is 12.8. The molecule has 0 aliphatic carbocycles. The van der Waals surface area contributed by atoms with Crippen LogP contribution in [0.3, 0.4) is 0 Å². The van der Waals surface area contributed by atoms with Crippen LogP contribution in [0.1, 0.15) is 37.4 Å². The van der Waals surface area contributed by atoms with Crippen molar-refractivity contribution in [1.29, 1.82) is 0 Å². The second kappa shape index (κ2) is 7.22. The molecule has 0 amide bonds. The van der Waals surface area contributed by atoms with E-state index in [0.717, 1.165) is 25.1 Å². The first-order chi connectivity index (χ1) is 10.2. The van der Waals surface area contributed by atoms with Gasteiger partial charge in [0.1, 0.15) is 11.6 Å². The first kappa shape index (κ1) is 15.5. The molecule has 1 aromatic heterocycles. The van der Waals surface area contributed by atoms with Crippen LogP contribution >= 0.6 is 0 Å². The largest absolute Gasteiger partial charge is 0.496 e. The Kier molecular flexibility index (Phi) is 5.33. The number of nitrogens with one attached hydrogen (secondary N) is 1. The van der Waals surface area contributed by atoms with Crippen molar-refractivity contribution < 1.29 is 9.13 Å². The molecule has 0 saturated carbocycles. The summed E-state index contributed by atoms with van der Waals surface area (Å²) in [6.45, 7) is 5.67. The molecule has 0 bridgehead atoms. The van der Waals surface area contributed by atoms with E-state index in [4.69, 9.17) is 4.74 Å². The summed E-state index contributed by atoms with van der Waals surface area (Å²) in [4.78, 5) is 0. The lowest BCUT2D eigenvalue weighted by molar-refractivity contribution is 0.397. The van der Waals surface area contributed by atoms with Gasteiger partial charge in [0.25, 0.3) is 0 Å². The highest BCUT2D eigenvalue weighted by molar-refractivity contribution is 5.41. The molecule has 2 rings (SSSR count). The molecule has 1 unspecified atom stereocenters. The van der Waals surface area contributed by atoms with Gasteiger partial charge in [-0.05, 0) is 25.1 Å². The molecule has 1 aromatic carbocycles. The van der Waals surface area contributed by atoms with Crippen LogP contribution in [0, 0.1) is 5.82 Å². The SMILES string of the molecule is CCCn1cc(C(NCC)c2c(F)cccc2OC)cn1. The van der Waals surface area contributed by atoms with Crippen LogP contribution in [0.25, 0.3) is 0 Å². The Hall–Kier alpha value is -1.88. The third kappa shape index (κ3) is 3.42. The van der Waals surface area contributed by atoms with E-state index < -0.39 is 0 Å². The van der Waals surface area contributed by atoms with Gasteiger partial charge in [-0.2, -0.15) is 5.10 Å². The minimum Gasteiger partial charge on any atom is -0.496 e. The van der Waals surface area contributed by atoms with Gasteiger partial charge in [0, 0.05) is 18.3 Å². The van der Waals surface area contributed by atoms with Gasteiger partial charge >= 0.3 is 0 Å². The number of benzene rings is 1. The molecule has 0 fully saturated rings. The predicted octanol–water partition coefficient (Wildman–Crippen LogP) is 3.14. The van der Waals surface area contributed by atoms with Crippen LogP contribution in [0.15, 0.2) is 30.6 Å². The summed E-state index contributed by atoms with van der Waals surface area (Å²) in [6, 6.07) is 4.62. The number of aryl methyl sites for hydroxylation is 1. The van der Waals surface area contributed by atoms with Crippen molar-refractivity contribution in [1.82, 2.24) is 15.1 Å². The normalized spacial score (nSPS) is 12.4. The summed E-state index contributed by atoms with van der Waals surface area (Å²) >= 11 is 0. The number of halogens is 1. The van der Waals surface area contributed by atoms with Crippen molar-refractivity contribution in [2.75, 3.05) is 13.7 Å². The smallest absolute Gasteiger partial charge is 0.132 e. The van der Waals surface area contributed by atoms with Gasteiger partial charge in [-0.1, -0.05) is 19.9 Å². The lowest BCUT2D eigenvalue weighted by Gasteiger charge is -2.20. The van der Waals surface area contributed by atoms with Crippen molar-refractivity contribution in [2.24, 2.45) is 0 Å².